The summed E-state index contributed by atoms with van der Waals surface area (Å²) in [5.41, 5.74) is 5.14. The minimum absolute atomic E-state index is 0.188. The van der Waals surface area contributed by atoms with Crippen LogP contribution < -0.4 is 4.90 Å². The summed E-state index contributed by atoms with van der Waals surface area (Å²) < 4.78 is 25.2. The first-order valence-electron chi connectivity index (χ1n) is 7.89. The Bertz CT molecular complexity index is 1030. The van der Waals surface area contributed by atoms with Crippen molar-refractivity contribution in [1.29, 1.82) is 5.26 Å². The molecule has 120 valence electrons. The fourth-order valence-corrected chi connectivity index (χ4v) is 4.71. The van der Waals surface area contributed by atoms with Crippen molar-refractivity contribution in [3.05, 3.63) is 64.2 Å². The third-order valence-electron chi connectivity index (χ3n) is 4.67. The number of benzene rings is 2. The maximum atomic E-state index is 12.6. The molecule has 4 rings (SSSR count). The van der Waals surface area contributed by atoms with E-state index in [-0.39, 0.29) is 9.80 Å². The van der Waals surface area contributed by atoms with E-state index in [0.717, 1.165) is 30.5 Å². The highest BCUT2D eigenvalue weighted by atomic mass is 32.2. The summed E-state index contributed by atoms with van der Waals surface area (Å²) in [7, 11) is -3.74. The number of nitrogens with zero attached hydrogens (tertiary/aromatic N) is 2. The van der Waals surface area contributed by atoms with E-state index in [2.05, 4.69) is 12.1 Å². The largest absolute Gasteiger partial charge is 0.314 e. The van der Waals surface area contributed by atoms with Gasteiger partial charge in [-0.25, -0.2) is 8.42 Å². The number of rotatable bonds is 1. The third kappa shape index (κ3) is 2.15. The minimum Gasteiger partial charge on any atom is -0.314 e. The van der Waals surface area contributed by atoms with Crippen LogP contribution in [-0.2, 0) is 22.7 Å². The van der Waals surface area contributed by atoms with Crippen molar-refractivity contribution in [3.63, 3.8) is 0 Å². The molecule has 0 amide bonds. The molecular weight excluding hydrogens is 320 g/mol. The van der Waals surface area contributed by atoms with Crippen LogP contribution >= 0.6 is 0 Å². The van der Waals surface area contributed by atoms with Gasteiger partial charge in [0.15, 0.2) is 4.91 Å². The first kappa shape index (κ1) is 15.0. The van der Waals surface area contributed by atoms with Gasteiger partial charge in [0.25, 0.3) is 0 Å². The van der Waals surface area contributed by atoms with E-state index in [0.29, 0.717) is 5.69 Å². The lowest BCUT2D eigenvalue weighted by atomic mass is 10.1. The van der Waals surface area contributed by atoms with E-state index in [1.807, 2.05) is 30.0 Å². The maximum Gasteiger partial charge on any atom is 0.220 e. The molecule has 4 nitrogen and oxygen atoms in total. The Kier molecular flexibility index (Phi) is 3.26. The van der Waals surface area contributed by atoms with E-state index < -0.39 is 9.84 Å². The molecule has 0 atom stereocenters. The monoisotopic (exact) mass is 336 g/mol. The topological polar surface area (TPSA) is 61.2 Å². The predicted octanol–water partition coefficient (Wildman–Crippen LogP) is 3.77. The Morgan fingerprint density at radius 3 is 2.67 bits per heavy atom. The van der Waals surface area contributed by atoms with E-state index >= 15 is 0 Å². The van der Waals surface area contributed by atoms with Crippen molar-refractivity contribution in [2.75, 3.05) is 4.90 Å². The standard InChI is InChI=1S/C19H16N2O2S/c1-13-5-8-19-18(9-13)21(12-17(11-20)24(19,22)23)16-7-6-14-3-2-4-15(14)10-16/h5-10,12H,2-4H2,1H3. The number of allylic oxidation sites excluding steroid dienone is 1. The Balaban J connectivity index is 1.95. The first-order chi connectivity index (χ1) is 11.5. The van der Waals surface area contributed by atoms with Gasteiger partial charge in [0.05, 0.1) is 10.6 Å². The SMILES string of the molecule is Cc1ccc2c(c1)N(c1ccc3c(c1)CCC3)C=C(C#N)S2(=O)=O. The van der Waals surface area contributed by atoms with E-state index in [9.17, 15) is 13.7 Å². The molecule has 0 N–H and O–H groups in total. The van der Waals surface area contributed by atoms with Crippen LogP contribution in [0.2, 0.25) is 0 Å². The molecule has 0 saturated heterocycles. The molecule has 5 heteroatoms. The fraction of sp³-hybridized carbons (Fsp3) is 0.211. The summed E-state index contributed by atoms with van der Waals surface area (Å²) in [6.45, 7) is 1.93. The Morgan fingerprint density at radius 2 is 1.88 bits per heavy atom. The second-order valence-corrected chi connectivity index (χ2v) is 8.14. The van der Waals surface area contributed by atoms with E-state index in [1.54, 1.807) is 12.1 Å². The van der Waals surface area contributed by atoms with Crippen molar-refractivity contribution in [3.8, 4) is 6.07 Å². The second kappa shape index (κ2) is 5.22. The molecule has 0 bridgehead atoms. The van der Waals surface area contributed by atoms with Crippen molar-refractivity contribution in [2.45, 2.75) is 31.1 Å². The highest BCUT2D eigenvalue weighted by Gasteiger charge is 2.32. The molecule has 0 unspecified atom stereocenters. The number of nitriles is 1. The average Bonchev–Trinajstić information content (AvgIpc) is 3.02. The smallest absolute Gasteiger partial charge is 0.220 e. The van der Waals surface area contributed by atoms with Gasteiger partial charge in [0, 0.05) is 11.9 Å². The predicted molar refractivity (Wildman–Crippen MR) is 92.7 cm³/mol. The normalized spacial score (nSPS) is 17.7. The van der Waals surface area contributed by atoms with Crippen LogP contribution in [0.25, 0.3) is 0 Å². The van der Waals surface area contributed by atoms with Crippen molar-refractivity contribution in [1.82, 2.24) is 0 Å². The molecule has 1 heterocycles. The van der Waals surface area contributed by atoms with Gasteiger partial charge in [-0.05, 0) is 67.1 Å². The highest BCUT2D eigenvalue weighted by molar-refractivity contribution is 7.95. The summed E-state index contributed by atoms with van der Waals surface area (Å²) in [4.78, 5) is 1.78. The third-order valence-corrected chi connectivity index (χ3v) is 6.37. The zero-order valence-electron chi connectivity index (χ0n) is 13.3. The Hall–Kier alpha value is -2.58. The van der Waals surface area contributed by atoms with Gasteiger partial charge in [-0.1, -0.05) is 12.1 Å². The van der Waals surface area contributed by atoms with Gasteiger partial charge in [-0.3, -0.25) is 0 Å². The lowest BCUT2D eigenvalue weighted by molar-refractivity contribution is 0.602. The molecular formula is C19H16N2O2S. The quantitative estimate of drug-likeness (QED) is 0.795. The average molecular weight is 336 g/mol. The Labute approximate surface area is 141 Å². The molecule has 2 aromatic carbocycles. The number of hydrogen-bond donors (Lipinski definition) is 0. The van der Waals surface area contributed by atoms with Gasteiger partial charge in [-0.15, -0.1) is 0 Å². The zero-order valence-corrected chi connectivity index (χ0v) is 14.1. The molecule has 0 fully saturated rings. The summed E-state index contributed by atoms with van der Waals surface area (Å²) in [5.74, 6) is 0. The van der Waals surface area contributed by atoms with Crippen LogP contribution in [0.4, 0.5) is 11.4 Å². The lowest BCUT2D eigenvalue weighted by Crippen LogP contribution is -2.21. The number of sulfone groups is 1. The van der Waals surface area contributed by atoms with Crippen molar-refractivity contribution >= 4 is 21.2 Å². The van der Waals surface area contributed by atoms with Crippen LogP contribution in [0, 0.1) is 18.3 Å². The van der Waals surface area contributed by atoms with E-state index in [4.69, 9.17) is 0 Å². The number of hydrogen-bond acceptors (Lipinski definition) is 4. The van der Waals surface area contributed by atoms with Crippen LogP contribution in [0.1, 0.15) is 23.1 Å². The van der Waals surface area contributed by atoms with Crippen LogP contribution in [-0.4, -0.2) is 8.42 Å². The second-order valence-electron chi connectivity index (χ2n) is 6.26. The molecule has 0 saturated carbocycles. The molecule has 2 aromatic rings. The van der Waals surface area contributed by atoms with Gasteiger partial charge >= 0.3 is 0 Å². The molecule has 24 heavy (non-hydrogen) atoms. The molecule has 2 aliphatic rings. The summed E-state index contributed by atoms with van der Waals surface area (Å²) in [5, 5.41) is 9.30. The lowest BCUT2D eigenvalue weighted by Gasteiger charge is -2.28. The first-order valence-corrected chi connectivity index (χ1v) is 9.38. The molecule has 0 radical (unpaired) electrons. The van der Waals surface area contributed by atoms with Gasteiger partial charge in [-0.2, -0.15) is 5.26 Å². The van der Waals surface area contributed by atoms with Crippen molar-refractivity contribution < 1.29 is 8.42 Å². The summed E-state index contributed by atoms with van der Waals surface area (Å²) in [6, 6.07) is 13.3. The zero-order chi connectivity index (χ0) is 16.9. The number of fused-ring (bicyclic) bond motifs is 2. The highest BCUT2D eigenvalue weighted by Crippen LogP contribution is 2.40. The van der Waals surface area contributed by atoms with Crippen LogP contribution in [0.15, 0.2) is 52.4 Å². The number of aryl methyl sites for hydroxylation is 3. The molecule has 1 aliphatic heterocycles. The summed E-state index contributed by atoms with van der Waals surface area (Å²) in [6.07, 6.45) is 4.74. The number of anilines is 2. The molecule has 1 aliphatic carbocycles. The Morgan fingerprint density at radius 1 is 1.08 bits per heavy atom. The molecule has 0 spiro atoms. The fourth-order valence-electron chi connectivity index (χ4n) is 3.43. The van der Waals surface area contributed by atoms with Crippen LogP contribution in [0.5, 0.6) is 0 Å². The van der Waals surface area contributed by atoms with Gasteiger partial charge < -0.3 is 4.90 Å². The van der Waals surface area contributed by atoms with Gasteiger partial charge in [0.1, 0.15) is 6.07 Å². The summed E-state index contributed by atoms with van der Waals surface area (Å²) >= 11 is 0. The maximum absolute atomic E-state index is 12.6. The van der Waals surface area contributed by atoms with Crippen molar-refractivity contribution in [2.24, 2.45) is 0 Å². The minimum atomic E-state index is -3.74. The molecule has 0 aromatic heterocycles. The van der Waals surface area contributed by atoms with Gasteiger partial charge in [0.2, 0.25) is 9.84 Å². The van der Waals surface area contributed by atoms with E-state index in [1.165, 1.54) is 17.3 Å². The van der Waals surface area contributed by atoms with Crippen LogP contribution in [0.3, 0.4) is 0 Å².